The molecule has 0 spiro atoms. The van der Waals surface area contributed by atoms with Crippen LogP contribution in [-0.4, -0.2) is 34.3 Å². The van der Waals surface area contributed by atoms with Gasteiger partial charge in [0, 0.05) is 41.7 Å². The smallest absolute Gasteiger partial charge is 0.120 e. The summed E-state index contributed by atoms with van der Waals surface area (Å²) in [7, 11) is 0. The molecular weight excluding hydrogens is 693 g/mol. The van der Waals surface area contributed by atoms with Gasteiger partial charge in [-0.3, -0.25) is 0 Å². The van der Waals surface area contributed by atoms with Gasteiger partial charge in [-0.2, -0.15) is 31.6 Å². The van der Waals surface area contributed by atoms with Gasteiger partial charge in [-0.25, -0.2) is 0 Å². The number of alkyl halides is 6. The zero-order chi connectivity index (χ0) is 35.9. The van der Waals surface area contributed by atoms with E-state index < -0.39 is 0 Å². The van der Waals surface area contributed by atoms with Crippen LogP contribution in [0.15, 0.2) is 30.3 Å². The van der Waals surface area contributed by atoms with E-state index in [1.54, 1.807) is 20.8 Å². The summed E-state index contributed by atoms with van der Waals surface area (Å²) in [6.07, 6.45) is 4.18. The molecule has 0 aliphatic carbocycles. The lowest BCUT2D eigenvalue weighted by atomic mass is 9.99. The number of rotatable bonds is 11. The number of halogens is 6. The molecule has 0 bridgehead atoms. The fourth-order valence-corrected chi connectivity index (χ4v) is 2.51. The van der Waals surface area contributed by atoms with Crippen LogP contribution in [0.25, 0.3) is 0 Å². The molecule has 0 saturated heterocycles. The Hall–Kier alpha value is -2.10. The van der Waals surface area contributed by atoms with Crippen molar-refractivity contribution in [1.82, 2.24) is 0 Å². The van der Waals surface area contributed by atoms with Crippen LogP contribution in [-0.2, 0) is 6.42 Å². The minimum Gasteiger partial charge on any atom is -0.198 e. The first-order chi connectivity index (χ1) is 21.4. The second kappa shape index (κ2) is 44.0. The van der Waals surface area contributed by atoms with Crippen LogP contribution in [0.1, 0.15) is 72.3 Å². The van der Waals surface area contributed by atoms with E-state index in [9.17, 15) is 0 Å². The zero-order valence-electron chi connectivity index (χ0n) is 26.9. The molecule has 0 aliphatic rings. The SMILES string of the molecule is CC(C#N)CCl.CC(C#N)CCl.CC(CCl)CCC#N.CC(Cl)CC#N.CCC(Cl)C#N.N#CCC(CCl)Cc1ccccc1. The van der Waals surface area contributed by atoms with Crippen LogP contribution in [0.3, 0.4) is 0 Å². The van der Waals surface area contributed by atoms with Gasteiger partial charge in [0.1, 0.15) is 5.38 Å². The van der Waals surface area contributed by atoms with E-state index in [4.69, 9.17) is 101 Å². The zero-order valence-corrected chi connectivity index (χ0v) is 31.4. The van der Waals surface area contributed by atoms with Crippen molar-refractivity contribution in [2.24, 2.45) is 23.7 Å². The van der Waals surface area contributed by atoms with E-state index in [1.807, 2.05) is 56.3 Å². The number of nitriles is 6. The van der Waals surface area contributed by atoms with Gasteiger partial charge in [-0.1, -0.05) is 44.2 Å². The maximum atomic E-state index is 8.54. The summed E-state index contributed by atoms with van der Waals surface area (Å²) < 4.78 is 0. The van der Waals surface area contributed by atoms with Crippen LogP contribution in [0.4, 0.5) is 0 Å². The van der Waals surface area contributed by atoms with E-state index in [0.717, 1.165) is 19.3 Å². The average Bonchev–Trinajstić information content (AvgIpc) is 3.07. The van der Waals surface area contributed by atoms with Crippen LogP contribution in [0.5, 0.6) is 0 Å². The fourth-order valence-electron chi connectivity index (χ4n) is 1.93. The predicted molar refractivity (Wildman–Crippen MR) is 191 cm³/mol. The summed E-state index contributed by atoms with van der Waals surface area (Å²) in [5.41, 5.74) is 1.25. The number of nitrogens with zero attached hydrogens (tertiary/aromatic N) is 6. The first-order valence-electron chi connectivity index (χ1n) is 14.2. The fraction of sp³-hybridized carbons (Fsp3) is 0.636. The van der Waals surface area contributed by atoms with E-state index in [1.165, 1.54) is 5.56 Å². The van der Waals surface area contributed by atoms with Gasteiger partial charge < -0.3 is 0 Å². The summed E-state index contributed by atoms with van der Waals surface area (Å²) in [5.74, 6) is 2.90. The van der Waals surface area contributed by atoms with Gasteiger partial charge in [-0.15, -0.1) is 69.6 Å². The number of hydrogen-bond acceptors (Lipinski definition) is 6. The second-order valence-electron chi connectivity index (χ2n) is 9.55. The van der Waals surface area contributed by atoms with Crippen molar-refractivity contribution in [3.8, 4) is 36.4 Å². The van der Waals surface area contributed by atoms with Crippen molar-refractivity contribution in [3.63, 3.8) is 0 Å². The Morgan fingerprint density at radius 1 is 0.644 bits per heavy atom. The third-order valence-electron chi connectivity index (χ3n) is 4.75. The van der Waals surface area contributed by atoms with E-state index in [-0.39, 0.29) is 28.5 Å². The summed E-state index contributed by atoms with van der Waals surface area (Å²) in [6.45, 7) is 9.29. The maximum absolute atomic E-state index is 8.54. The average molecular weight is 739 g/mol. The second-order valence-corrected chi connectivity index (χ2v) is 12.1. The topological polar surface area (TPSA) is 143 Å². The van der Waals surface area contributed by atoms with Gasteiger partial charge in [0.2, 0.25) is 0 Å². The molecule has 0 aromatic heterocycles. The lowest BCUT2D eigenvalue weighted by Crippen LogP contribution is -2.05. The summed E-state index contributed by atoms with van der Waals surface area (Å²) >= 11 is 32.3. The Labute approximate surface area is 302 Å². The van der Waals surface area contributed by atoms with E-state index in [2.05, 4.69) is 24.3 Å². The Bertz CT molecular complexity index is 969. The molecule has 0 amide bonds. The monoisotopic (exact) mass is 736 g/mol. The molecule has 0 radical (unpaired) electrons. The highest BCUT2D eigenvalue weighted by atomic mass is 35.5. The van der Waals surface area contributed by atoms with E-state index >= 15 is 0 Å². The lowest BCUT2D eigenvalue weighted by molar-refractivity contribution is 0.603. The molecule has 6 nitrogen and oxygen atoms in total. The van der Waals surface area contributed by atoms with Crippen molar-refractivity contribution in [2.75, 3.05) is 23.5 Å². The Balaban J connectivity index is -0.000000148. The molecule has 0 aliphatic heterocycles. The summed E-state index contributed by atoms with van der Waals surface area (Å²) in [4.78, 5) is 0. The quantitative estimate of drug-likeness (QED) is 0.207. The third-order valence-corrected chi connectivity index (χ3v) is 7.20. The standard InChI is InChI=1S/C11H12ClN.C6H10ClN.4C4H6ClN/c12-9-11(6-7-13)8-10-4-2-1-3-5-10;1-6(5-7)3-2-4-8;2*1-4(2-5)3-6;1-4(5)2-3-6;1-2-4(5)3-6/h1-5,11H,6,8-9H2;6H,2-3,5H2,1H3;4*4H,2H2,1H3. The third kappa shape index (κ3) is 51.8. The Morgan fingerprint density at radius 2 is 1.13 bits per heavy atom. The molecule has 0 saturated carbocycles. The van der Waals surface area contributed by atoms with E-state index in [0.29, 0.717) is 48.7 Å². The van der Waals surface area contributed by atoms with Gasteiger partial charge in [0.25, 0.3) is 0 Å². The molecule has 6 atom stereocenters. The summed E-state index contributed by atoms with van der Waals surface area (Å²) in [6, 6.07) is 22.1. The molecule has 12 heteroatoms. The van der Waals surface area contributed by atoms with Crippen LogP contribution in [0, 0.1) is 91.7 Å². The van der Waals surface area contributed by atoms with Crippen LogP contribution >= 0.6 is 69.6 Å². The molecule has 1 aromatic carbocycles. The van der Waals surface area contributed by atoms with Crippen molar-refractivity contribution in [2.45, 2.75) is 83.9 Å². The molecule has 1 aromatic rings. The van der Waals surface area contributed by atoms with Gasteiger partial charge in [0.15, 0.2) is 0 Å². The number of benzene rings is 1. The Kier molecular flexibility index (Phi) is 51.3. The van der Waals surface area contributed by atoms with Gasteiger partial charge >= 0.3 is 0 Å². The Morgan fingerprint density at radius 3 is 1.36 bits per heavy atom. The van der Waals surface area contributed by atoms with Gasteiger partial charge in [0.05, 0.1) is 54.7 Å². The number of hydrogen-bond donors (Lipinski definition) is 0. The molecule has 0 fully saturated rings. The summed E-state index contributed by atoms with van der Waals surface area (Å²) in [5, 5.41) is 48.2. The minimum atomic E-state index is -0.287. The van der Waals surface area contributed by atoms with Crippen molar-refractivity contribution >= 4 is 69.6 Å². The van der Waals surface area contributed by atoms with Crippen molar-refractivity contribution in [3.05, 3.63) is 35.9 Å². The normalized spacial score (nSPS) is 12.6. The largest absolute Gasteiger partial charge is 0.198 e. The first-order valence-corrected chi connectivity index (χ1v) is 17.2. The first kappa shape index (κ1) is 52.4. The molecule has 45 heavy (non-hydrogen) atoms. The highest BCUT2D eigenvalue weighted by Gasteiger charge is 2.07. The molecule has 0 heterocycles. The predicted octanol–water partition coefficient (Wildman–Crippen LogP) is 11.0. The molecular formula is C33H46Cl6N6. The lowest BCUT2D eigenvalue weighted by Gasteiger charge is -2.08. The maximum Gasteiger partial charge on any atom is 0.120 e. The van der Waals surface area contributed by atoms with Crippen LogP contribution in [0.2, 0.25) is 0 Å². The van der Waals surface area contributed by atoms with Crippen molar-refractivity contribution < 1.29 is 0 Å². The molecule has 1 rings (SSSR count). The van der Waals surface area contributed by atoms with Crippen LogP contribution < -0.4 is 0 Å². The molecule has 0 N–H and O–H groups in total. The molecule has 250 valence electrons. The van der Waals surface area contributed by atoms with Gasteiger partial charge in [-0.05, 0) is 57.4 Å². The highest BCUT2D eigenvalue weighted by Crippen LogP contribution is 2.13. The molecule has 6 unspecified atom stereocenters. The van der Waals surface area contributed by atoms with Crippen molar-refractivity contribution in [1.29, 1.82) is 31.6 Å². The minimum absolute atomic E-state index is 0.00617. The highest BCUT2D eigenvalue weighted by molar-refractivity contribution is 6.22.